The maximum absolute atomic E-state index is 12.1. The predicted molar refractivity (Wildman–Crippen MR) is 121 cm³/mol. The first-order valence-electron chi connectivity index (χ1n) is 12.6. The predicted octanol–water partition coefficient (Wildman–Crippen LogP) is 6.80. The monoisotopic (exact) mass is 409 g/mol. The van der Waals surface area contributed by atoms with E-state index in [1.54, 1.807) is 4.90 Å². The number of carbonyl (C=O) groups excluding carboxylic acids is 2. The van der Waals surface area contributed by atoms with Crippen molar-refractivity contribution in [3.63, 3.8) is 0 Å². The second-order valence-electron chi connectivity index (χ2n) is 8.84. The summed E-state index contributed by atoms with van der Waals surface area (Å²) in [6.45, 7) is 4.99. The molecule has 0 aromatic heterocycles. The standard InChI is InChI=1S/C25H47NO3/c1-3-4-5-6-7-8-9-10-11-12-13-14-15-16-17-18-22-29-25(28)24-20-19-21-26(24)23(2)27/h24H,3-22H2,1-2H3. The zero-order valence-corrected chi connectivity index (χ0v) is 19.4. The van der Waals surface area contributed by atoms with E-state index in [1.165, 1.54) is 96.8 Å². The molecule has 0 aromatic carbocycles. The zero-order chi connectivity index (χ0) is 21.2. The van der Waals surface area contributed by atoms with E-state index in [1.807, 2.05) is 0 Å². The van der Waals surface area contributed by atoms with Crippen molar-refractivity contribution in [2.24, 2.45) is 0 Å². The Morgan fingerprint density at radius 2 is 1.21 bits per heavy atom. The summed E-state index contributed by atoms with van der Waals surface area (Å²) in [5, 5.41) is 0. The zero-order valence-electron chi connectivity index (χ0n) is 19.4. The van der Waals surface area contributed by atoms with Gasteiger partial charge < -0.3 is 9.64 Å². The van der Waals surface area contributed by atoms with E-state index >= 15 is 0 Å². The van der Waals surface area contributed by atoms with E-state index in [0.29, 0.717) is 13.2 Å². The molecule has 1 unspecified atom stereocenters. The lowest BCUT2D eigenvalue weighted by Gasteiger charge is -2.21. The molecule has 1 saturated heterocycles. The number of amides is 1. The van der Waals surface area contributed by atoms with Crippen LogP contribution in [0.5, 0.6) is 0 Å². The van der Waals surface area contributed by atoms with Crippen molar-refractivity contribution in [2.75, 3.05) is 13.2 Å². The number of ether oxygens (including phenoxy) is 1. The lowest BCUT2D eigenvalue weighted by molar-refractivity contribution is -0.153. The van der Waals surface area contributed by atoms with Gasteiger partial charge in [-0.25, -0.2) is 4.79 Å². The Labute approximate surface area is 180 Å². The number of hydrogen-bond acceptors (Lipinski definition) is 3. The van der Waals surface area contributed by atoms with Crippen LogP contribution in [0.3, 0.4) is 0 Å². The van der Waals surface area contributed by atoms with Crippen LogP contribution in [0, 0.1) is 0 Å². The molecule has 1 rings (SSSR count). The van der Waals surface area contributed by atoms with Crippen LogP contribution in [0.4, 0.5) is 0 Å². The van der Waals surface area contributed by atoms with E-state index in [-0.39, 0.29) is 17.9 Å². The molecule has 1 amide bonds. The van der Waals surface area contributed by atoms with Crippen molar-refractivity contribution >= 4 is 11.9 Å². The van der Waals surface area contributed by atoms with Crippen molar-refractivity contribution < 1.29 is 14.3 Å². The molecule has 4 nitrogen and oxygen atoms in total. The number of esters is 1. The number of hydrogen-bond donors (Lipinski definition) is 0. The second-order valence-corrected chi connectivity index (χ2v) is 8.84. The van der Waals surface area contributed by atoms with Crippen molar-refractivity contribution in [3.8, 4) is 0 Å². The molecule has 0 bridgehead atoms. The van der Waals surface area contributed by atoms with Crippen molar-refractivity contribution in [3.05, 3.63) is 0 Å². The molecule has 1 aliphatic rings. The Balaban J connectivity index is 1.80. The maximum atomic E-state index is 12.1. The van der Waals surface area contributed by atoms with E-state index in [0.717, 1.165) is 25.7 Å². The van der Waals surface area contributed by atoms with Gasteiger partial charge in [-0.1, -0.05) is 103 Å². The van der Waals surface area contributed by atoms with Crippen LogP contribution in [0.1, 0.15) is 129 Å². The number of nitrogens with zero attached hydrogens (tertiary/aromatic N) is 1. The average molecular weight is 410 g/mol. The lowest BCUT2D eigenvalue weighted by Crippen LogP contribution is -2.40. The fourth-order valence-electron chi connectivity index (χ4n) is 4.31. The highest BCUT2D eigenvalue weighted by atomic mass is 16.5. The topological polar surface area (TPSA) is 46.6 Å². The number of rotatable bonds is 18. The minimum atomic E-state index is -0.339. The summed E-state index contributed by atoms with van der Waals surface area (Å²) in [5.74, 6) is -0.231. The average Bonchev–Trinajstić information content (AvgIpc) is 3.20. The molecule has 1 heterocycles. The Hall–Kier alpha value is -1.06. The molecule has 1 aliphatic heterocycles. The van der Waals surface area contributed by atoms with Gasteiger partial charge in [0.2, 0.25) is 5.91 Å². The molecular weight excluding hydrogens is 362 g/mol. The Kier molecular flexibility index (Phi) is 15.9. The van der Waals surface area contributed by atoms with Gasteiger partial charge in [-0.15, -0.1) is 0 Å². The molecule has 1 fully saturated rings. The minimum absolute atomic E-state index is 0.0214. The van der Waals surface area contributed by atoms with Crippen LogP contribution < -0.4 is 0 Å². The Bertz CT molecular complexity index is 424. The van der Waals surface area contributed by atoms with E-state index in [2.05, 4.69) is 6.92 Å². The highest BCUT2D eigenvalue weighted by Gasteiger charge is 2.33. The molecule has 0 radical (unpaired) electrons. The number of likely N-dealkylation sites (tertiary alicyclic amines) is 1. The van der Waals surface area contributed by atoms with Gasteiger partial charge in [0.15, 0.2) is 0 Å². The van der Waals surface area contributed by atoms with Crippen molar-refractivity contribution in [1.29, 1.82) is 0 Å². The third-order valence-corrected chi connectivity index (χ3v) is 6.17. The van der Waals surface area contributed by atoms with Crippen LogP contribution in [-0.2, 0) is 14.3 Å². The number of carbonyl (C=O) groups is 2. The smallest absolute Gasteiger partial charge is 0.328 e. The summed E-state index contributed by atoms with van der Waals surface area (Å²) in [7, 11) is 0. The van der Waals surface area contributed by atoms with Crippen molar-refractivity contribution in [1.82, 2.24) is 4.90 Å². The van der Waals surface area contributed by atoms with Crippen molar-refractivity contribution in [2.45, 2.75) is 135 Å². The molecule has 0 aliphatic carbocycles. The molecule has 170 valence electrons. The molecule has 0 spiro atoms. The quantitative estimate of drug-likeness (QED) is 0.185. The van der Waals surface area contributed by atoms with E-state index in [9.17, 15) is 9.59 Å². The second kappa shape index (κ2) is 17.8. The Morgan fingerprint density at radius 1 is 0.759 bits per heavy atom. The lowest BCUT2D eigenvalue weighted by atomic mass is 10.0. The highest BCUT2D eigenvalue weighted by molar-refractivity contribution is 5.83. The fraction of sp³-hybridized carbons (Fsp3) is 0.920. The number of unbranched alkanes of at least 4 members (excludes halogenated alkanes) is 15. The van der Waals surface area contributed by atoms with Crippen LogP contribution in [0.25, 0.3) is 0 Å². The summed E-state index contributed by atoms with van der Waals surface area (Å²) in [4.78, 5) is 25.3. The normalized spacial score (nSPS) is 16.3. The summed E-state index contributed by atoms with van der Waals surface area (Å²) in [5.41, 5.74) is 0. The van der Waals surface area contributed by atoms with Crippen LogP contribution in [0.2, 0.25) is 0 Å². The molecule has 0 N–H and O–H groups in total. The van der Waals surface area contributed by atoms with Crippen LogP contribution >= 0.6 is 0 Å². The van der Waals surface area contributed by atoms with Gasteiger partial charge in [0.25, 0.3) is 0 Å². The highest BCUT2D eigenvalue weighted by Crippen LogP contribution is 2.19. The first-order chi connectivity index (χ1) is 14.2. The van der Waals surface area contributed by atoms with E-state index in [4.69, 9.17) is 4.74 Å². The molecule has 1 atom stereocenters. The molecule has 4 heteroatoms. The SMILES string of the molecule is CCCCCCCCCCCCCCCCCCOC(=O)C1CCCN1C(C)=O. The van der Waals surface area contributed by atoms with Gasteiger partial charge >= 0.3 is 5.97 Å². The van der Waals surface area contributed by atoms with Gasteiger partial charge in [0, 0.05) is 13.5 Å². The maximum Gasteiger partial charge on any atom is 0.328 e. The third kappa shape index (κ3) is 13.0. The molecule has 0 saturated carbocycles. The molecule has 0 aromatic rings. The minimum Gasteiger partial charge on any atom is -0.464 e. The largest absolute Gasteiger partial charge is 0.464 e. The molecular formula is C25H47NO3. The van der Waals surface area contributed by atoms with Gasteiger partial charge in [-0.05, 0) is 19.3 Å². The van der Waals surface area contributed by atoms with Crippen LogP contribution in [0.15, 0.2) is 0 Å². The first kappa shape index (κ1) is 26.0. The fourth-order valence-corrected chi connectivity index (χ4v) is 4.31. The van der Waals surface area contributed by atoms with Crippen LogP contribution in [-0.4, -0.2) is 36.0 Å². The first-order valence-corrected chi connectivity index (χ1v) is 12.6. The van der Waals surface area contributed by atoms with Gasteiger partial charge in [-0.3, -0.25) is 4.79 Å². The Morgan fingerprint density at radius 3 is 1.66 bits per heavy atom. The summed E-state index contributed by atoms with van der Waals surface area (Å²) < 4.78 is 5.39. The summed E-state index contributed by atoms with van der Waals surface area (Å²) in [6.07, 6.45) is 23.1. The summed E-state index contributed by atoms with van der Waals surface area (Å²) in [6, 6.07) is -0.339. The van der Waals surface area contributed by atoms with Gasteiger partial charge in [0.1, 0.15) is 6.04 Å². The van der Waals surface area contributed by atoms with E-state index < -0.39 is 0 Å². The summed E-state index contributed by atoms with van der Waals surface area (Å²) >= 11 is 0. The molecule has 29 heavy (non-hydrogen) atoms. The van der Waals surface area contributed by atoms with Gasteiger partial charge in [0.05, 0.1) is 6.61 Å². The third-order valence-electron chi connectivity index (χ3n) is 6.17. The van der Waals surface area contributed by atoms with Gasteiger partial charge in [-0.2, -0.15) is 0 Å².